The van der Waals surface area contributed by atoms with Crippen molar-refractivity contribution in [1.29, 1.82) is 0 Å². The monoisotopic (exact) mass is 261 g/mol. The summed E-state index contributed by atoms with van der Waals surface area (Å²) in [5, 5.41) is 3.48. The van der Waals surface area contributed by atoms with Crippen LogP contribution in [0.5, 0.6) is 0 Å². The molecule has 3 N–H and O–H groups in total. The first-order valence-electron chi connectivity index (χ1n) is 7.01. The number of nitrogens with one attached hydrogen (secondary N) is 1. The number of hydrogen-bond acceptors (Lipinski definition) is 3. The van der Waals surface area contributed by atoms with Crippen LogP contribution < -0.4 is 11.1 Å². The van der Waals surface area contributed by atoms with Crippen molar-refractivity contribution >= 4 is 5.91 Å². The predicted octanol–water partition coefficient (Wildman–Crippen LogP) is 1.22. The maximum Gasteiger partial charge on any atom is 0.248 e. The number of carbonyl (C=O) groups is 1. The summed E-state index contributed by atoms with van der Waals surface area (Å²) in [6.45, 7) is 7.62. The molecule has 1 unspecified atom stereocenters. The van der Waals surface area contributed by atoms with Crippen LogP contribution in [0.3, 0.4) is 0 Å². The normalized spacial score (nSPS) is 19.7. The average molecular weight is 261 g/mol. The molecule has 0 saturated carbocycles. The molecule has 4 heteroatoms. The van der Waals surface area contributed by atoms with Gasteiger partial charge in [0.2, 0.25) is 5.91 Å². The van der Waals surface area contributed by atoms with Crippen LogP contribution in [0.4, 0.5) is 0 Å². The molecule has 1 aliphatic heterocycles. The van der Waals surface area contributed by atoms with Crippen molar-refractivity contribution in [3.8, 4) is 0 Å². The van der Waals surface area contributed by atoms with Crippen LogP contribution in [-0.4, -0.2) is 37.0 Å². The van der Waals surface area contributed by atoms with E-state index in [-0.39, 0.29) is 5.91 Å². The van der Waals surface area contributed by atoms with E-state index in [1.54, 1.807) is 6.07 Å². The van der Waals surface area contributed by atoms with E-state index in [1.165, 1.54) is 19.5 Å². The van der Waals surface area contributed by atoms with Gasteiger partial charge in [-0.25, -0.2) is 0 Å². The second-order valence-electron chi connectivity index (χ2n) is 5.24. The van der Waals surface area contributed by atoms with Crippen LogP contribution in [0.2, 0.25) is 0 Å². The summed E-state index contributed by atoms with van der Waals surface area (Å²) < 4.78 is 0. The van der Waals surface area contributed by atoms with Gasteiger partial charge >= 0.3 is 0 Å². The van der Waals surface area contributed by atoms with E-state index in [1.807, 2.05) is 18.2 Å². The Bertz CT molecular complexity index is 433. The molecule has 0 bridgehead atoms. The van der Waals surface area contributed by atoms with Crippen molar-refractivity contribution in [2.75, 3.05) is 26.2 Å². The van der Waals surface area contributed by atoms with Gasteiger partial charge in [0.15, 0.2) is 0 Å². The fraction of sp³-hybridized carbons (Fsp3) is 0.533. The molecule has 4 nitrogen and oxygen atoms in total. The van der Waals surface area contributed by atoms with Gasteiger partial charge in [-0.15, -0.1) is 0 Å². The lowest BCUT2D eigenvalue weighted by Crippen LogP contribution is -2.26. The van der Waals surface area contributed by atoms with Gasteiger partial charge in [0, 0.05) is 18.7 Å². The minimum Gasteiger partial charge on any atom is -0.366 e. The number of nitrogens with two attached hydrogens (primary N) is 1. The first-order valence-corrected chi connectivity index (χ1v) is 7.01. The number of benzene rings is 1. The third-order valence-electron chi connectivity index (χ3n) is 3.79. The van der Waals surface area contributed by atoms with E-state index in [2.05, 4.69) is 17.1 Å². The summed E-state index contributed by atoms with van der Waals surface area (Å²) in [5.41, 5.74) is 6.97. The summed E-state index contributed by atoms with van der Waals surface area (Å²) in [5.74, 6) is 0.385. The topological polar surface area (TPSA) is 58.4 Å². The lowest BCUT2D eigenvalue weighted by molar-refractivity contribution is 0.1000. The van der Waals surface area contributed by atoms with Crippen LogP contribution in [0.15, 0.2) is 24.3 Å². The molecule has 19 heavy (non-hydrogen) atoms. The number of rotatable bonds is 6. The second-order valence-corrected chi connectivity index (χ2v) is 5.24. The van der Waals surface area contributed by atoms with Crippen molar-refractivity contribution in [2.45, 2.75) is 19.9 Å². The summed E-state index contributed by atoms with van der Waals surface area (Å²) in [6.07, 6.45) is 1.28. The van der Waals surface area contributed by atoms with Crippen LogP contribution >= 0.6 is 0 Å². The lowest BCUT2D eigenvalue weighted by atomic mass is 10.1. The Balaban J connectivity index is 1.77. The van der Waals surface area contributed by atoms with Gasteiger partial charge in [0.25, 0.3) is 0 Å². The molecule has 0 spiro atoms. The lowest BCUT2D eigenvalue weighted by Gasteiger charge is -2.13. The maximum atomic E-state index is 11.1. The third-order valence-corrected chi connectivity index (χ3v) is 3.79. The molecule has 1 fully saturated rings. The van der Waals surface area contributed by atoms with Crippen LogP contribution in [0.25, 0.3) is 0 Å². The highest BCUT2D eigenvalue weighted by molar-refractivity contribution is 5.92. The molecule has 1 amide bonds. The Hall–Kier alpha value is -1.39. The molecule has 2 rings (SSSR count). The molecule has 1 atom stereocenters. The van der Waals surface area contributed by atoms with Crippen LogP contribution in [-0.2, 0) is 6.54 Å². The SMILES string of the molecule is CCN1CCC(CNCc2cccc(C(N)=O)c2)C1. The second kappa shape index (κ2) is 6.68. The van der Waals surface area contributed by atoms with Crippen molar-refractivity contribution in [2.24, 2.45) is 11.7 Å². The summed E-state index contributed by atoms with van der Waals surface area (Å²) in [4.78, 5) is 13.6. The number of nitrogens with zero attached hydrogens (tertiary/aromatic N) is 1. The minimum atomic E-state index is -0.365. The molecule has 1 saturated heterocycles. The Morgan fingerprint density at radius 3 is 3.05 bits per heavy atom. The van der Waals surface area contributed by atoms with Gasteiger partial charge in [-0.2, -0.15) is 0 Å². The Morgan fingerprint density at radius 1 is 1.53 bits per heavy atom. The molecule has 0 aromatic heterocycles. The molecule has 104 valence electrons. The molecule has 1 heterocycles. The van der Waals surface area contributed by atoms with E-state index in [0.29, 0.717) is 5.56 Å². The fourth-order valence-electron chi connectivity index (χ4n) is 2.62. The minimum absolute atomic E-state index is 0.365. The summed E-state index contributed by atoms with van der Waals surface area (Å²) in [7, 11) is 0. The van der Waals surface area contributed by atoms with Crippen molar-refractivity contribution in [3.05, 3.63) is 35.4 Å². The molecule has 1 aromatic rings. The van der Waals surface area contributed by atoms with E-state index in [4.69, 9.17) is 5.73 Å². The van der Waals surface area contributed by atoms with Crippen molar-refractivity contribution in [1.82, 2.24) is 10.2 Å². The van der Waals surface area contributed by atoms with Crippen molar-refractivity contribution < 1.29 is 4.79 Å². The average Bonchev–Trinajstić information content (AvgIpc) is 2.87. The molecule has 1 aliphatic rings. The van der Waals surface area contributed by atoms with E-state index < -0.39 is 0 Å². The van der Waals surface area contributed by atoms with Gasteiger partial charge in [-0.3, -0.25) is 4.79 Å². The number of amides is 1. The molecule has 0 aliphatic carbocycles. The summed E-state index contributed by atoms with van der Waals surface area (Å²) >= 11 is 0. The molecule has 1 aromatic carbocycles. The van der Waals surface area contributed by atoms with Gasteiger partial charge in [-0.05, 0) is 49.7 Å². The maximum absolute atomic E-state index is 11.1. The zero-order valence-electron chi connectivity index (χ0n) is 11.6. The first kappa shape index (κ1) is 14.0. The predicted molar refractivity (Wildman–Crippen MR) is 76.9 cm³/mol. The molecular formula is C15H23N3O. The Labute approximate surface area is 115 Å². The largest absolute Gasteiger partial charge is 0.366 e. The van der Waals surface area contributed by atoms with Gasteiger partial charge in [-0.1, -0.05) is 19.1 Å². The van der Waals surface area contributed by atoms with Gasteiger partial charge in [0.1, 0.15) is 0 Å². The first-order chi connectivity index (χ1) is 9.19. The molecule has 0 radical (unpaired) electrons. The zero-order chi connectivity index (χ0) is 13.7. The Kier molecular flexibility index (Phi) is 4.93. The third kappa shape index (κ3) is 4.04. The Morgan fingerprint density at radius 2 is 2.37 bits per heavy atom. The van der Waals surface area contributed by atoms with E-state index in [9.17, 15) is 4.79 Å². The van der Waals surface area contributed by atoms with Crippen LogP contribution in [0, 0.1) is 5.92 Å². The van der Waals surface area contributed by atoms with Gasteiger partial charge < -0.3 is 16.0 Å². The summed E-state index contributed by atoms with van der Waals surface area (Å²) in [6, 6.07) is 7.52. The van der Waals surface area contributed by atoms with E-state index in [0.717, 1.165) is 31.1 Å². The number of primary amides is 1. The highest BCUT2D eigenvalue weighted by atomic mass is 16.1. The smallest absolute Gasteiger partial charge is 0.248 e. The number of likely N-dealkylation sites (tertiary alicyclic amines) is 1. The van der Waals surface area contributed by atoms with Crippen LogP contribution in [0.1, 0.15) is 29.3 Å². The van der Waals surface area contributed by atoms with Crippen molar-refractivity contribution in [3.63, 3.8) is 0 Å². The zero-order valence-corrected chi connectivity index (χ0v) is 11.6. The fourth-order valence-corrected chi connectivity index (χ4v) is 2.62. The number of carbonyl (C=O) groups excluding carboxylic acids is 1. The highest BCUT2D eigenvalue weighted by Crippen LogP contribution is 2.14. The number of hydrogen-bond donors (Lipinski definition) is 2. The highest BCUT2D eigenvalue weighted by Gasteiger charge is 2.20. The standard InChI is InChI=1S/C15H23N3O/c1-2-18-7-6-13(11-18)10-17-9-12-4-3-5-14(8-12)15(16)19/h3-5,8,13,17H,2,6-7,9-11H2,1H3,(H2,16,19). The quantitative estimate of drug-likeness (QED) is 0.809. The van der Waals surface area contributed by atoms with E-state index >= 15 is 0 Å². The van der Waals surface area contributed by atoms with Gasteiger partial charge in [0.05, 0.1) is 0 Å². The molecular weight excluding hydrogens is 238 g/mol.